The monoisotopic (exact) mass is 434 g/mol. The number of para-hydroxylation sites is 1. The van der Waals surface area contributed by atoms with Crippen LogP contribution in [0.1, 0.15) is 29.5 Å². The summed E-state index contributed by atoms with van der Waals surface area (Å²) in [5.74, 6) is 0.354. The number of benzene rings is 2. The van der Waals surface area contributed by atoms with Crippen molar-refractivity contribution in [2.45, 2.75) is 38.8 Å². The van der Waals surface area contributed by atoms with Crippen LogP contribution in [0.25, 0.3) is 0 Å². The minimum absolute atomic E-state index is 0.107. The van der Waals surface area contributed by atoms with Crippen molar-refractivity contribution in [2.24, 2.45) is 4.99 Å². The van der Waals surface area contributed by atoms with Crippen LogP contribution < -0.4 is 15.4 Å². The molecule has 0 bridgehead atoms. The zero-order valence-electron chi connectivity index (χ0n) is 17.2. The third-order valence-corrected chi connectivity index (χ3v) is 4.97. The molecule has 166 valence electrons. The number of carbonyl (C=O) groups is 1. The van der Waals surface area contributed by atoms with Crippen molar-refractivity contribution in [2.75, 3.05) is 13.6 Å². The summed E-state index contributed by atoms with van der Waals surface area (Å²) >= 11 is 0. The molecule has 2 aromatic carbocycles. The summed E-state index contributed by atoms with van der Waals surface area (Å²) in [5.41, 5.74) is 2.42. The molecule has 2 N–H and O–H groups in total. The van der Waals surface area contributed by atoms with E-state index in [1.54, 1.807) is 19.2 Å². The molecule has 1 aliphatic rings. The first-order valence-electron chi connectivity index (χ1n) is 9.98. The van der Waals surface area contributed by atoms with Gasteiger partial charge in [0.15, 0.2) is 5.96 Å². The smallest absolute Gasteiger partial charge is 0.405 e. The van der Waals surface area contributed by atoms with E-state index in [9.17, 15) is 18.0 Å². The Morgan fingerprint density at radius 2 is 1.65 bits per heavy atom. The van der Waals surface area contributed by atoms with Crippen LogP contribution in [0.4, 0.5) is 13.2 Å². The molecular weight excluding hydrogens is 409 g/mol. The van der Waals surface area contributed by atoms with Gasteiger partial charge in [0.2, 0.25) is 5.91 Å². The number of likely N-dealkylation sites (tertiary alicyclic amines) is 1. The zero-order chi connectivity index (χ0) is 22.3. The summed E-state index contributed by atoms with van der Waals surface area (Å²) in [5, 5.41) is 6.18. The Morgan fingerprint density at radius 3 is 2.26 bits per heavy atom. The molecule has 1 fully saturated rings. The van der Waals surface area contributed by atoms with Gasteiger partial charge in [-0.25, -0.2) is 0 Å². The zero-order valence-corrected chi connectivity index (χ0v) is 17.2. The van der Waals surface area contributed by atoms with E-state index in [0.29, 0.717) is 31.0 Å². The first kappa shape index (κ1) is 22.5. The summed E-state index contributed by atoms with van der Waals surface area (Å²) in [6.45, 7) is 1.89. The van der Waals surface area contributed by atoms with Gasteiger partial charge in [-0.05, 0) is 23.6 Å². The summed E-state index contributed by atoms with van der Waals surface area (Å²) in [6, 6.07) is 13.8. The van der Waals surface area contributed by atoms with Gasteiger partial charge in [-0.2, -0.15) is 0 Å². The number of guanidine groups is 1. The van der Waals surface area contributed by atoms with Crippen LogP contribution in [0.15, 0.2) is 53.5 Å². The average Bonchev–Trinajstić information content (AvgIpc) is 3.13. The summed E-state index contributed by atoms with van der Waals surface area (Å²) in [7, 11) is 1.59. The average molecular weight is 434 g/mol. The van der Waals surface area contributed by atoms with Crippen molar-refractivity contribution >= 4 is 11.9 Å². The molecule has 0 unspecified atom stereocenters. The third-order valence-electron chi connectivity index (χ3n) is 4.97. The van der Waals surface area contributed by atoms with E-state index < -0.39 is 6.36 Å². The van der Waals surface area contributed by atoms with Gasteiger partial charge >= 0.3 is 6.36 Å². The minimum Gasteiger partial charge on any atom is -0.405 e. The minimum atomic E-state index is -4.75. The molecule has 31 heavy (non-hydrogen) atoms. The van der Waals surface area contributed by atoms with Crippen LogP contribution in [0.3, 0.4) is 0 Å². The Balaban J connectivity index is 1.59. The fourth-order valence-corrected chi connectivity index (χ4v) is 3.41. The third kappa shape index (κ3) is 6.63. The summed E-state index contributed by atoms with van der Waals surface area (Å²) in [4.78, 5) is 17.9. The van der Waals surface area contributed by atoms with Crippen molar-refractivity contribution < 1.29 is 22.7 Å². The fraction of sp³-hybridized carbons (Fsp3) is 0.364. The lowest BCUT2D eigenvalue weighted by Crippen LogP contribution is -2.37. The number of alkyl halides is 3. The number of rotatable bonds is 7. The number of halogens is 3. The highest BCUT2D eigenvalue weighted by atomic mass is 19.4. The van der Waals surface area contributed by atoms with Gasteiger partial charge in [-0.1, -0.05) is 42.5 Å². The van der Waals surface area contributed by atoms with Crippen LogP contribution in [0.5, 0.6) is 5.75 Å². The molecule has 1 saturated heterocycles. The lowest BCUT2D eigenvalue weighted by molar-refractivity contribution is -0.274. The molecule has 0 radical (unpaired) electrons. The second-order valence-electron chi connectivity index (χ2n) is 7.12. The Labute approximate surface area is 179 Å². The SMILES string of the molecule is CN=C(NCc1ccccc1CN1CCCC1=O)NCc1ccccc1OC(F)(F)F. The van der Waals surface area contributed by atoms with E-state index in [1.165, 1.54) is 12.1 Å². The Bertz CT molecular complexity index is 931. The fourth-order valence-electron chi connectivity index (χ4n) is 3.41. The van der Waals surface area contributed by atoms with E-state index in [-0.39, 0.29) is 18.2 Å². The Kier molecular flexibility index (Phi) is 7.38. The first-order chi connectivity index (χ1) is 14.9. The number of hydrogen-bond acceptors (Lipinski definition) is 3. The van der Waals surface area contributed by atoms with Gasteiger partial charge < -0.3 is 20.3 Å². The highest BCUT2D eigenvalue weighted by Gasteiger charge is 2.32. The molecular formula is C22H25F3N4O2. The lowest BCUT2D eigenvalue weighted by atomic mass is 10.1. The molecule has 0 spiro atoms. The maximum atomic E-state index is 12.6. The number of carbonyl (C=O) groups excluding carboxylic acids is 1. The second-order valence-corrected chi connectivity index (χ2v) is 7.12. The maximum Gasteiger partial charge on any atom is 0.573 e. The maximum absolute atomic E-state index is 12.6. The molecule has 0 aromatic heterocycles. The number of aliphatic imine (C=N–C) groups is 1. The van der Waals surface area contributed by atoms with Crippen LogP contribution in [-0.2, 0) is 24.4 Å². The molecule has 0 saturated carbocycles. The second kappa shape index (κ2) is 10.2. The molecule has 3 rings (SSSR count). The number of nitrogens with zero attached hydrogens (tertiary/aromatic N) is 2. The van der Waals surface area contributed by atoms with Crippen LogP contribution in [0.2, 0.25) is 0 Å². The van der Waals surface area contributed by atoms with E-state index in [4.69, 9.17) is 0 Å². The van der Waals surface area contributed by atoms with E-state index in [2.05, 4.69) is 20.4 Å². The van der Waals surface area contributed by atoms with Crippen molar-refractivity contribution in [3.05, 3.63) is 65.2 Å². The van der Waals surface area contributed by atoms with E-state index in [1.807, 2.05) is 29.2 Å². The van der Waals surface area contributed by atoms with Crippen LogP contribution in [-0.4, -0.2) is 36.7 Å². The van der Waals surface area contributed by atoms with Gasteiger partial charge in [0.25, 0.3) is 0 Å². The van der Waals surface area contributed by atoms with Crippen molar-refractivity contribution in [3.8, 4) is 5.75 Å². The number of amides is 1. The topological polar surface area (TPSA) is 66.0 Å². The van der Waals surface area contributed by atoms with Gasteiger partial charge in [0.1, 0.15) is 5.75 Å². The molecule has 0 aliphatic carbocycles. The van der Waals surface area contributed by atoms with Crippen molar-refractivity contribution in [1.29, 1.82) is 0 Å². The highest BCUT2D eigenvalue weighted by molar-refractivity contribution is 5.80. The summed E-state index contributed by atoms with van der Waals surface area (Å²) < 4.78 is 41.9. The number of ether oxygens (including phenoxy) is 1. The quantitative estimate of drug-likeness (QED) is 0.517. The molecule has 1 aliphatic heterocycles. The highest BCUT2D eigenvalue weighted by Crippen LogP contribution is 2.26. The Morgan fingerprint density at radius 1 is 1.03 bits per heavy atom. The van der Waals surface area contributed by atoms with Crippen LogP contribution >= 0.6 is 0 Å². The van der Waals surface area contributed by atoms with Crippen molar-refractivity contribution in [3.63, 3.8) is 0 Å². The van der Waals surface area contributed by atoms with Gasteiger partial charge in [0, 0.05) is 45.2 Å². The molecule has 1 amide bonds. The van der Waals surface area contributed by atoms with Gasteiger partial charge in [0.05, 0.1) is 0 Å². The molecule has 1 heterocycles. The largest absolute Gasteiger partial charge is 0.573 e. The normalized spacial score (nSPS) is 14.6. The predicted octanol–water partition coefficient (Wildman–Crippen LogP) is 3.57. The van der Waals surface area contributed by atoms with Gasteiger partial charge in [-0.3, -0.25) is 9.79 Å². The predicted molar refractivity (Wildman–Crippen MR) is 111 cm³/mol. The lowest BCUT2D eigenvalue weighted by Gasteiger charge is -2.19. The van der Waals surface area contributed by atoms with E-state index in [0.717, 1.165) is 24.1 Å². The Hall–Kier alpha value is -3.23. The standard InChI is InChI=1S/C22H25F3N4O2/c1-26-21(28-14-17-8-4-5-10-19(17)31-22(23,24)25)27-13-16-7-2-3-9-18(16)15-29-12-6-11-20(29)30/h2-5,7-10H,6,11-15H2,1H3,(H2,26,27,28). The molecule has 2 aromatic rings. The number of nitrogens with one attached hydrogen (secondary N) is 2. The molecule has 6 nitrogen and oxygen atoms in total. The molecule has 0 atom stereocenters. The first-order valence-corrected chi connectivity index (χ1v) is 9.98. The summed E-state index contributed by atoms with van der Waals surface area (Å²) in [6.07, 6.45) is -3.28. The van der Waals surface area contributed by atoms with Gasteiger partial charge in [-0.15, -0.1) is 13.2 Å². The van der Waals surface area contributed by atoms with E-state index >= 15 is 0 Å². The number of hydrogen-bond donors (Lipinski definition) is 2. The van der Waals surface area contributed by atoms with Crippen LogP contribution in [0, 0.1) is 0 Å². The van der Waals surface area contributed by atoms with Crippen molar-refractivity contribution in [1.82, 2.24) is 15.5 Å². The molecule has 9 heteroatoms.